The van der Waals surface area contributed by atoms with E-state index in [1.807, 2.05) is 0 Å². The first-order valence-electron chi connectivity index (χ1n) is 8.89. The maximum Gasteiger partial charge on any atom is 0.573 e. The van der Waals surface area contributed by atoms with Gasteiger partial charge < -0.3 is 14.8 Å². The van der Waals surface area contributed by atoms with Crippen molar-refractivity contribution < 1.29 is 54.9 Å². The zero-order chi connectivity index (χ0) is 25.3. The van der Waals surface area contributed by atoms with E-state index < -0.39 is 57.7 Å². The molecule has 0 aliphatic rings. The molecule has 1 heterocycles. The maximum atomic E-state index is 13.5. The quantitative estimate of drug-likeness (QED) is 0.252. The summed E-state index contributed by atoms with van der Waals surface area (Å²) in [4.78, 5) is 12.7. The lowest BCUT2D eigenvalue weighted by molar-refractivity contribution is -0.904. The standard InChI is InChI=1S/C20H10ClF7N2O4/c21-14-7-12(18(31)29-11-2-1-5-30(32)9-11)16(8-13(14)19(23,24)25)33-15-4-3-10(22)6-17(15)34-20(26,27)28/h1-9H,(H-,29,31,32)/p+1. The number of ether oxygens (including phenoxy) is 2. The molecule has 14 heteroatoms. The van der Waals surface area contributed by atoms with Gasteiger partial charge in [0.1, 0.15) is 17.3 Å². The van der Waals surface area contributed by atoms with Crippen LogP contribution in [-0.2, 0) is 6.18 Å². The summed E-state index contributed by atoms with van der Waals surface area (Å²) in [5.74, 6) is -5.14. The van der Waals surface area contributed by atoms with Crippen LogP contribution >= 0.6 is 11.6 Å². The van der Waals surface area contributed by atoms with Crippen LogP contribution in [0.15, 0.2) is 54.9 Å². The lowest BCUT2D eigenvalue weighted by Gasteiger charge is -2.18. The number of pyridine rings is 1. The largest absolute Gasteiger partial charge is 0.573 e. The summed E-state index contributed by atoms with van der Waals surface area (Å²) in [5.41, 5.74) is -2.07. The van der Waals surface area contributed by atoms with Crippen molar-refractivity contribution >= 4 is 23.2 Å². The monoisotopic (exact) mass is 511 g/mol. The smallest absolute Gasteiger partial charge is 0.453 e. The average molecular weight is 512 g/mol. The Hall–Kier alpha value is -3.74. The zero-order valence-corrected chi connectivity index (χ0v) is 17.1. The van der Waals surface area contributed by atoms with E-state index in [0.717, 1.165) is 6.20 Å². The molecule has 0 aliphatic heterocycles. The first kappa shape index (κ1) is 24.9. The molecule has 2 N–H and O–H groups in total. The Kier molecular flexibility index (Phi) is 6.77. The van der Waals surface area contributed by atoms with Crippen LogP contribution in [0.25, 0.3) is 0 Å². The van der Waals surface area contributed by atoms with Crippen molar-refractivity contribution in [3.63, 3.8) is 0 Å². The summed E-state index contributed by atoms with van der Waals surface area (Å²) in [6.07, 6.45) is -8.05. The zero-order valence-electron chi connectivity index (χ0n) is 16.3. The van der Waals surface area contributed by atoms with Crippen LogP contribution in [0.4, 0.5) is 36.4 Å². The third kappa shape index (κ3) is 6.19. The molecule has 34 heavy (non-hydrogen) atoms. The van der Waals surface area contributed by atoms with Crippen LogP contribution in [0.3, 0.4) is 0 Å². The Morgan fingerprint density at radius 2 is 1.71 bits per heavy atom. The van der Waals surface area contributed by atoms with E-state index in [9.17, 15) is 40.7 Å². The molecule has 1 aromatic heterocycles. The van der Waals surface area contributed by atoms with Gasteiger partial charge in [0, 0.05) is 16.9 Å². The van der Waals surface area contributed by atoms with E-state index >= 15 is 0 Å². The number of hydrogen-bond acceptors (Lipinski definition) is 4. The minimum absolute atomic E-state index is 0.000142. The molecule has 0 saturated carbocycles. The van der Waals surface area contributed by atoms with Gasteiger partial charge in [-0.25, -0.2) is 4.39 Å². The lowest BCUT2D eigenvalue weighted by Crippen LogP contribution is -2.29. The van der Waals surface area contributed by atoms with Gasteiger partial charge in [-0.15, -0.1) is 13.2 Å². The van der Waals surface area contributed by atoms with Crippen molar-refractivity contribution in [3.05, 3.63) is 76.8 Å². The van der Waals surface area contributed by atoms with Crippen LogP contribution in [0.2, 0.25) is 5.02 Å². The molecular formula is C20H11ClF7N2O4+. The topological polar surface area (TPSA) is 71.7 Å². The van der Waals surface area contributed by atoms with Crippen molar-refractivity contribution in [1.82, 2.24) is 0 Å². The number of alkyl halides is 6. The van der Waals surface area contributed by atoms with Crippen LogP contribution in [0, 0.1) is 5.82 Å². The fourth-order valence-corrected chi connectivity index (χ4v) is 2.93. The van der Waals surface area contributed by atoms with Gasteiger partial charge in [0.25, 0.3) is 5.91 Å². The van der Waals surface area contributed by atoms with Crippen molar-refractivity contribution in [3.8, 4) is 17.2 Å². The highest BCUT2D eigenvalue weighted by Gasteiger charge is 2.36. The van der Waals surface area contributed by atoms with Crippen molar-refractivity contribution in [2.75, 3.05) is 5.32 Å². The number of hydrogen-bond donors (Lipinski definition) is 2. The highest BCUT2D eigenvalue weighted by Crippen LogP contribution is 2.42. The molecule has 3 rings (SSSR count). The van der Waals surface area contributed by atoms with E-state index in [-0.39, 0.29) is 5.69 Å². The molecule has 0 unspecified atom stereocenters. The van der Waals surface area contributed by atoms with E-state index in [1.165, 1.54) is 18.3 Å². The molecule has 2 aromatic carbocycles. The first-order chi connectivity index (χ1) is 15.7. The third-order valence-corrected chi connectivity index (χ3v) is 4.33. The van der Waals surface area contributed by atoms with Crippen LogP contribution in [-0.4, -0.2) is 17.5 Å². The SMILES string of the molecule is O=C(Nc1ccc[n+](O)c1)c1cc(Cl)c(C(F)(F)F)cc1Oc1ccc(F)cc1OC(F)(F)F. The Morgan fingerprint density at radius 3 is 2.32 bits per heavy atom. The highest BCUT2D eigenvalue weighted by atomic mass is 35.5. The number of halogens is 8. The number of anilines is 1. The lowest BCUT2D eigenvalue weighted by atomic mass is 10.1. The van der Waals surface area contributed by atoms with Crippen molar-refractivity contribution in [1.29, 1.82) is 0 Å². The number of carbonyl (C=O) groups excluding carboxylic acids is 1. The summed E-state index contributed by atoms with van der Waals surface area (Å²) in [7, 11) is 0. The summed E-state index contributed by atoms with van der Waals surface area (Å²) in [5, 5.41) is 10.8. The van der Waals surface area contributed by atoms with Crippen LogP contribution < -0.4 is 19.5 Å². The number of rotatable bonds is 5. The fraction of sp³-hybridized carbons (Fsp3) is 0.100. The van der Waals surface area contributed by atoms with E-state index in [1.54, 1.807) is 0 Å². The van der Waals surface area contributed by atoms with E-state index in [4.69, 9.17) is 16.3 Å². The van der Waals surface area contributed by atoms with Gasteiger partial charge in [-0.2, -0.15) is 13.2 Å². The fourth-order valence-electron chi connectivity index (χ4n) is 2.66. The second kappa shape index (κ2) is 9.25. The van der Waals surface area contributed by atoms with Gasteiger partial charge in [-0.3, -0.25) is 10.0 Å². The maximum absolute atomic E-state index is 13.5. The predicted molar refractivity (Wildman–Crippen MR) is 101 cm³/mol. The molecule has 0 fully saturated rings. The summed E-state index contributed by atoms with van der Waals surface area (Å²) in [6.45, 7) is 0. The summed E-state index contributed by atoms with van der Waals surface area (Å²) < 4.78 is 101. The molecule has 0 atom stereocenters. The molecule has 0 bridgehead atoms. The van der Waals surface area contributed by atoms with Gasteiger partial charge in [0.2, 0.25) is 12.4 Å². The minimum atomic E-state index is -5.28. The Bertz CT molecular complexity index is 1230. The Morgan fingerprint density at radius 1 is 1.00 bits per heavy atom. The number of amides is 1. The Labute approximate surface area is 190 Å². The second-order valence-corrected chi connectivity index (χ2v) is 6.90. The van der Waals surface area contributed by atoms with Crippen molar-refractivity contribution in [2.45, 2.75) is 12.5 Å². The molecule has 0 spiro atoms. The molecule has 0 aliphatic carbocycles. The normalized spacial score (nSPS) is 11.8. The van der Waals surface area contributed by atoms with Gasteiger partial charge >= 0.3 is 12.5 Å². The van der Waals surface area contributed by atoms with Gasteiger partial charge in [0.15, 0.2) is 11.5 Å². The van der Waals surface area contributed by atoms with E-state index in [0.29, 0.717) is 35.1 Å². The molecule has 0 radical (unpaired) electrons. The van der Waals surface area contributed by atoms with E-state index in [2.05, 4.69) is 10.1 Å². The van der Waals surface area contributed by atoms with Crippen molar-refractivity contribution in [2.24, 2.45) is 0 Å². The van der Waals surface area contributed by atoms with Gasteiger partial charge in [-0.1, -0.05) is 11.6 Å². The minimum Gasteiger partial charge on any atom is -0.453 e. The number of aromatic nitrogens is 1. The number of benzene rings is 2. The molecule has 1 amide bonds. The third-order valence-electron chi connectivity index (χ3n) is 4.01. The molecule has 0 saturated heterocycles. The summed E-state index contributed by atoms with van der Waals surface area (Å²) >= 11 is 5.68. The molecule has 180 valence electrons. The summed E-state index contributed by atoms with van der Waals surface area (Å²) in [6, 6.07) is 5.19. The number of nitrogens with zero attached hydrogens (tertiary/aromatic N) is 1. The Balaban J connectivity index is 2.09. The molecule has 3 aromatic rings. The predicted octanol–water partition coefficient (Wildman–Crippen LogP) is 5.97. The van der Waals surface area contributed by atoms with Gasteiger partial charge in [0.05, 0.1) is 16.1 Å². The first-order valence-corrected chi connectivity index (χ1v) is 9.26. The van der Waals surface area contributed by atoms with Gasteiger partial charge in [-0.05, 0) is 30.3 Å². The number of nitrogens with one attached hydrogen (secondary N) is 1. The second-order valence-electron chi connectivity index (χ2n) is 6.49. The molecular weight excluding hydrogens is 501 g/mol. The van der Waals surface area contributed by atoms with Crippen LogP contribution in [0.5, 0.6) is 17.2 Å². The molecule has 6 nitrogen and oxygen atoms in total. The van der Waals surface area contributed by atoms with Crippen LogP contribution in [0.1, 0.15) is 15.9 Å². The highest BCUT2D eigenvalue weighted by molar-refractivity contribution is 6.32. The average Bonchev–Trinajstić information content (AvgIpc) is 2.68. The number of carbonyl (C=O) groups is 1.